The van der Waals surface area contributed by atoms with E-state index in [1.165, 1.54) is 12.0 Å². The highest BCUT2D eigenvalue weighted by Crippen LogP contribution is 2.42. The average molecular weight is 381 g/mol. The second-order valence-corrected chi connectivity index (χ2v) is 6.91. The van der Waals surface area contributed by atoms with E-state index in [0.717, 1.165) is 5.56 Å². The van der Waals surface area contributed by atoms with E-state index in [0.29, 0.717) is 16.9 Å². The number of rotatable bonds is 5. The van der Waals surface area contributed by atoms with Gasteiger partial charge in [0.05, 0.1) is 24.8 Å². The molecule has 1 heterocycles. The molecule has 0 unspecified atom stereocenters. The normalized spacial score (nSPS) is 19.7. The third-order valence-electron chi connectivity index (χ3n) is 4.76. The number of hydrogen-bond acceptors (Lipinski definition) is 5. The number of benzene rings is 2. The quantitative estimate of drug-likeness (QED) is 0.472. The largest absolute Gasteiger partial charge is 0.507 e. The summed E-state index contributed by atoms with van der Waals surface area (Å²) in [6.07, 6.45) is -0.838. The molecule has 0 saturated carbocycles. The maximum absolute atomic E-state index is 12.8. The van der Waals surface area contributed by atoms with E-state index in [4.69, 9.17) is 4.74 Å². The molecular weight excluding hydrogens is 358 g/mol. The Morgan fingerprint density at radius 3 is 2.39 bits per heavy atom. The zero-order valence-corrected chi connectivity index (χ0v) is 16.0. The van der Waals surface area contributed by atoms with Gasteiger partial charge >= 0.3 is 0 Å². The number of ketones is 1. The molecule has 0 aliphatic carbocycles. The lowest BCUT2D eigenvalue weighted by molar-refractivity contribution is -0.140. The number of amides is 1. The molecule has 2 aromatic rings. The summed E-state index contributed by atoms with van der Waals surface area (Å²) in [6, 6.07) is 13.2. The van der Waals surface area contributed by atoms with Gasteiger partial charge in [-0.1, -0.05) is 48.0 Å². The fourth-order valence-electron chi connectivity index (χ4n) is 3.44. The summed E-state index contributed by atoms with van der Waals surface area (Å²) >= 11 is 0. The number of para-hydroxylation sites is 1. The summed E-state index contributed by atoms with van der Waals surface area (Å²) in [5.74, 6) is -1.30. The van der Waals surface area contributed by atoms with Crippen molar-refractivity contribution in [3.63, 3.8) is 0 Å². The molecule has 1 fully saturated rings. The van der Waals surface area contributed by atoms with Crippen LogP contribution in [0.4, 0.5) is 0 Å². The molecule has 146 valence electrons. The number of ether oxygens (including phenoxy) is 1. The van der Waals surface area contributed by atoms with Crippen LogP contribution in [0, 0.1) is 6.92 Å². The molecule has 0 aromatic heterocycles. The molecule has 6 nitrogen and oxygen atoms in total. The number of aryl methyl sites for hydroxylation is 1. The Morgan fingerprint density at radius 1 is 1.14 bits per heavy atom. The van der Waals surface area contributed by atoms with E-state index in [9.17, 15) is 19.8 Å². The summed E-state index contributed by atoms with van der Waals surface area (Å²) in [5.41, 5.74) is 2.01. The van der Waals surface area contributed by atoms with Crippen LogP contribution in [0.2, 0.25) is 0 Å². The number of β-amino-alcohol motifs (C(OH)–C–C–N with tert-alkyl or cyclic N) is 1. The van der Waals surface area contributed by atoms with Crippen molar-refractivity contribution in [1.29, 1.82) is 0 Å². The fraction of sp³-hybridized carbons (Fsp3) is 0.273. The highest BCUT2D eigenvalue weighted by molar-refractivity contribution is 6.46. The van der Waals surface area contributed by atoms with Crippen LogP contribution in [0.1, 0.15) is 29.7 Å². The minimum absolute atomic E-state index is 0.0148. The van der Waals surface area contributed by atoms with Crippen molar-refractivity contribution >= 4 is 17.4 Å². The number of carbonyl (C=O) groups excluding carboxylic acids is 2. The molecule has 0 radical (unpaired) electrons. The minimum Gasteiger partial charge on any atom is -0.507 e. The van der Waals surface area contributed by atoms with Crippen molar-refractivity contribution in [3.8, 4) is 5.75 Å². The first-order valence-corrected chi connectivity index (χ1v) is 9.01. The molecule has 2 N–H and O–H groups in total. The van der Waals surface area contributed by atoms with Crippen LogP contribution in [-0.2, 0) is 9.59 Å². The first-order chi connectivity index (χ1) is 13.3. The Bertz CT molecular complexity index is 930. The van der Waals surface area contributed by atoms with Crippen molar-refractivity contribution < 1.29 is 24.5 Å². The molecule has 1 aliphatic rings. The average Bonchev–Trinajstić information content (AvgIpc) is 2.92. The zero-order chi connectivity index (χ0) is 20.4. The number of aliphatic hydroxyl groups excluding tert-OH is 2. The van der Waals surface area contributed by atoms with Gasteiger partial charge in [0, 0.05) is 17.7 Å². The van der Waals surface area contributed by atoms with Gasteiger partial charge in [0.15, 0.2) is 0 Å². The van der Waals surface area contributed by atoms with E-state index in [1.807, 2.05) is 19.1 Å². The minimum atomic E-state index is -0.855. The molecule has 0 spiro atoms. The Morgan fingerprint density at radius 2 is 1.79 bits per heavy atom. The maximum atomic E-state index is 12.8. The SMILES string of the molecule is COc1ccccc1[C@@H]1C(=C(O)c2ccc(C)cc2)C(=O)C(=O)N1C[C@@H](C)O. The van der Waals surface area contributed by atoms with E-state index in [2.05, 4.69) is 0 Å². The molecule has 1 aliphatic heterocycles. The number of carbonyl (C=O) groups is 2. The zero-order valence-electron chi connectivity index (χ0n) is 16.0. The lowest BCUT2D eigenvalue weighted by atomic mass is 9.94. The van der Waals surface area contributed by atoms with Gasteiger partial charge in [0.25, 0.3) is 11.7 Å². The van der Waals surface area contributed by atoms with Gasteiger partial charge < -0.3 is 19.8 Å². The molecule has 1 saturated heterocycles. The predicted molar refractivity (Wildman–Crippen MR) is 105 cm³/mol. The van der Waals surface area contributed by atoms with Crippen LogP contribution in [-0.4, -0.2) is 46.6 Å². The second-order valence-electron chi connectivity index (χ2n) is 6.91. The van der Waals surface area contributed by atoms with Crippen LogP contribution >= 0.6 is 0 Å². The number of hydrogen-bond donors (Lipinski definition) is 2. The van der Waals surface area contributed by atoms with Gasteiger partial charge in [0.1, 0.15) is 11.5 Å². The molecule has 2 aromatic carbocycles. The van der Waals surface area contributed by atoms with E-state index in [1.54, 1.807) is 43.3 Å². The van der Waals surface area contributed by atoms with E-state index in [-0.39, 0.29) is 17.9 Å². The molecular formula is C22H23NO5. The van der Waals surface area contributed by atoms with Crippen LogP contribution in [0.25, 0.3) is 5.76 Å². The molecule has 28 heavy (non-hydrogen) atoms. The van der Waals surface area contributed by atoms with Crippen molar-refractivity contribution in [2.75, 3.05) is 13.7 Å². The number of methoxy groups -OCH3 is 1. The number of aliphatic hydroxyl groups is 2. The van der Waals surface area contributed by atoms with Gasteiger partial charge in [-0.15, -0.1) is 0 Å². The maximum Gasteiger partial charge on any atom is 0.295 e. The predicted octanol–water partition coefficient (Wildman–Crippen LogP) is 2.81. The lowest BCUT2D eigenvalue weighted by Gasteiger charge is -2.27. The highest BCUT2D eigenvalue weighted by Gasteiger charge is 2.47. The van der Waals surface area contributed by atoms with Crippen molar-refractivity contribution in [2.24, 2.45) is 0 Å². The number of nitrogens with zero attached hydrogens (tertiary/aromatic N) is 1. The molecule has 2 atom stereocenters. The smallest absolute Gasteiger partial charge is 0.295 e. The van der Waals surface area contributed by atoms with Gasteiger partial charge in [-0.05, 0) is 19.9 Å². The molecule has 0 bridgehead atoms. The monoisotopic (exact) mass is 381 g/mol. The molecule has 3 rings (SSSR count). The van der Waals surface area contributed by atoms with E-state index < -0.39 is 23.8 Å². The van der Waals surface area contributed by atoms with Gasteiger partial charge in [0.2, 0.25) is 0 Å². The summed E-state index contributed by atoms with van der Waals surface area (Å²) in [6.45, 7) is 3.41. The topological polar surface area (TPSA) is 87.1 Å². The first-order valence-electron chi connectivity index (χ1n) is 9.01. The second kappa shape index (κ2) is 7.86. The Hall–Kier alpha value is -3.12. The van der Waals surface area contributed by atoms with Crippen LogP contribution in [0.15, 0.2) is 54.1 Å². The first kappa shape index (κ1) is 19.6. The Labute approximate surface area is 163 Å². The van der Waals surface area contributed by atoms with Gasteiger partial charge in [-0.25, -0.2) is 0 Å². The number of Topliss-reactive ketones (excluding diaryl/α,β-unsaturated/α-hetero) is 1. The fourth-order valence-corrected chi connectivity index (χ4v) is 3.44. The standard InChI is InChI=1S/C22H23NO5/c1-13-8-10-15(11-9-13)20(25)18-19(16-6-4-5-7-17(16)28-3)23(12-14(2)24)22(27)21(18)26/h4-11,14,19,24-25H,12H2,1-3H3/t14-,19-/m1/s1. The van der Waals surface area contributed by atoms with Crippen LogP contribution < -0.4 is 4.74 Å². The Balaban J connectivity index is 2.23. The third kappa shape index (κ3) is 3.51. The molecule has 1 amide bonds. The summed E-state index contributed by atoms with van der Waals surface area (Å²) in [4.78, 5) is 26.8. The Kier molecular flexibility index (Phi) is 5.51. The van der Waals surface area contributed by atoms with Crippen molar-refractivity contribution in [3.05, 3.63) is 70.8 Å². The van der Waals surface area contributed by atoms with Crippen molar-refractivity contribution in [1.82, 2.24) is 4.90 Å². The lowest BCUT2D eigenvalue weighted by Crippen LogP contribution is -2.35. The third-order valence-corrected chi connectivity index (χ3v) is 4.76. The summed E-state index contributed by atoms with van der Waals surface area (Å²) < 4.78 is 5.42. The van der Waals surface area contributed by atoms with Crippen molar-refractivity contribution in [2.45, 2.75) is 26.0 Å². The van der Waals surface area contributed by atoms with E-state index >= 15 is 0 Å². The summed E-state index contributed by atoms with van der Waals surface area (Å²) in [5, 5.41) is 20.8. The summed E-state index contributed by atoms with van der Waals surface area (Å²) in [7, 11) is 1.50. The van der Waals surface area contributed by atoms with Gasteiger partial charge in [-0.3, -0.25) is 9.59 Å². The molecule has 6 heteroatoms. The highest BCUT2D eigenvalue weighted by atomic mass is 16.5. The van der Waals surface area contributed by atoms with Gasteiger partial charge in [-0.2, -0.15) is 0 Å². The number of likely N-dealkylation sites (tertiary alicyclic amines) is 1. The van der Waals surface area contributed by atoms with Crippen LogP contribution in [0.5, 0.6) is 5.75 Å². The van der Waals surface area contributed by atoms with Crippen LogP contribution in [0.3, 0.4) is 0 Å².